The molecule has 0 saturated carbocycles. The minimum atomic E-state index is -0.154. The molecule has 1 radical (unpaired) electrons. The number of nitrogens with zero attached hydrogens (tertiary/aromatic N) is 1. The first kappa shape index (κ1) is 34.9. The fourth-order valence-electron chi connectivity index (χ4n) is 2.76. The van der Waals surface area contributed by atoms with Gasteiger partial charge in [-0.05, 0) is 43.2 Å². The number of aryl methyl sites for hydroxylation is 2. The summed E-state index contributed by atoms with van der Waals surface area (Å²) in [5, 5.41) is 21.6. The number of hydrogen-bond donors (Lipinski definition) is 3. The minimum Gasteiger partial charge on any atom is -0.508 e. The molecule has 0 saturated heterocycles. The molecule has 0 aliphatic rings. The van der Waals surface area contributed by atoms with Gasteiger partial charge in [0.1, 0.15) is 5.75 Å². The monoisotopic (exact) mass is 519 g/mol. The number of aliphatic hydroxyl groups is 1. The summed E-state index contributed by atoms with van der Waals surface area (Å²) in [6.45, 7) is 17.6. The Kier molecular flexibility index (Phi) is 21.8. The summed E-state index contributed by atoms with van der Waals surface area (Å²) in [6, 6.07) is 5.48. The number of aromatic hydroxyl groups is 1. The van der Waals surface area contributed by atoms with E-state index < -0.39 is 0 Å². The van der Waals surface area contributed by atoms with Crippen molar-refractivity contribution >= 4 is 18.1 Å². The van der Waals surface area contributed by atoms with Gasteiger partial charge in [0.15, 0.2) is 0 Å². The van der Waals surface area contributed by atoms with Crippen LogP contribution in [0.25, 0.3) is 23.3 Å². The predicted octanol–water partition coefficient (Wildman–Crippen LogP) is 4.38. The molecule has 0 aliphatic heterocycles. The van der Waals surface area contributed by atoms with Crippen LogP contribution in [-0.4, -0.2) is 27.8 Å². The van der Waals surface area contributed by atoms with E-state index in [-0.39, 0.29) is 44.4 Å². The van der Waals surface area contributed by atoms with E-state index in [1.165, 1.54) is 19.8 Å². The average Bonchev–Trinajstić information content (AvgIpc) is 3.04. The van der Waals surface area contributed by atoms with Crippen LogP contribution < -0.4 is 15.9 Å². The third-order valence-electron chi connectivity index (χ3n) is 4.07. The summed E-state index contributed by atoms with van der Waals surface area (Å²) in [7, 11) is 2.97. The molecule has 1 amide bonds. The second-order valence-corrected chi connectivity index (χ2v) is 6.65. The normalized spacial score (nSPS) is 10.3. The molecule has 3 N–H and O–H groups in total. The summed E-state index contributed by atoms with van der Waals surface area (Å²) in [6.07, 6.45) is 8.51. The van der Waals surface area contributed by atoms with Crippen LogP contribution in [0.3, 0.4) is 0 Å². The number of allylic oxidation sites excluding steroid dienone is 1. The molecule has 0 fully saturated rings. The van der Waals surface area contributed by atoms with Gasteiger partial charge in [0.25, 0.3) is 0 Å². The fraction of sp³-hybridized carbons (Fsp3) is 0.423. The summed E-state index contributed by atoms with van der Waals surface area (Å²) in [5.74, 6) is 0.0801. The molecule has 0 aliphatic carbocycles. The van der Waals surface area contributed by atoms with Crippen LogP contribution in [-0.2, 0) is 44.6 Å². The summed E-state index contributed by atoms with van der Waals surface area (Å²) >= 11 is 0. The Morgan fingerprint density at radius 3 is 2.09 bits per heavy atom. The molecular formula is C26H42N2O3Y. The molecule has 0 bridgehead atoms. The zero-order valence-corrected chi connectivity index (χ0v) is 24.3. The molecule has 1 heterocycles. The van der Waals surface area contributed by atoms with Crippen molar-refractivity contribution < 1.29 is 47.7 Å². The van der Waals surface area contributed by atoms with Crippen molar-refractivity contribution in [1.82, 2.24) is 9.88 Å². The Bertz CT molecular complexity index is 909. The van der Waals surface area contributed by atoms with Gasteiger partial charge in [-0.15, -0.1) is 0 Å². The molecule has 6 heteroatoms. The topological polar surface area (TPSA) is 74.5 Å². The van der Waals surface area contributed by atoms with Crippen molar-refractivity contribution in [2.24, 2.45) is 7.05 Å². The van der Waals surface area contributed by atoms with Gasteiger partial charge in [0.05, 0.1) is 0 Å². The number of aliphatic hydroxyl groups excluding tert-OH is 1. The molecule has 1 aromatic heterocycles. The van der Waals surface area contributed by atoms with Gasteiger partial charge in [-0.2, -0.15) is 0 Å². The predicted molar refractivity (Wildman–Crippen MR) is 134 cm³/mol. The van der Waals surface area contributed by atoms with E-state index in [1.807, 2.05) is 63.7 Å². The van der Waals surface area contributed by atoms with Crippen molar-refractivity contribution in [3.05, 3.63) is 52.8 Å². The Morgan fingerprint density at radius 2 is 1.69 bits per heavy atom. The van der Waals surface area contributed by atoms with Crippen LogP contribution in [0.2, 0.25) is 0 Å². The minimum absolute atomic E-state index is 0. The fourth-order valence-corrected chi connectivity index (χ4v) is 2.76. The molecule has 0 atom stereocenters. The third kappa shape index (κ3) is 12.4. The first-order valence-corrected chi connectivity index (χ1v) is 10.8. The average molecular weight is 520 g/mol. The first-order chi connectivity index (χ1) is 14.7. The Balaban J connectivity index is -0.000000824. The number of phenols is 1. The van der Waals surface area contributed by atoms with Crippen molar-refractivity contribution in [3.8, 4) is 16.9 Å². The van der Waals surface area contributed by atoms with Crippen LogP contribution in [0.1, 0.15) is 59.9 Å². The van der Waals surface area contributed by atoms with Crippen LogP contribution in [0.5, 0.6) is 5.75 Å². The molecule has 177 valence electrons. The summed E-state index contributed by atoms with van der Waals surface area (Å²) < 4.78 is 2.02. The maximum atomic E-state index is 11.2. The number of aromatic nitrogens is 1. The van der Waals surface area contributed by atoms with Crippen molar-refractivity contribution in [2.45, 2.75) is 61.3 Å². The number of hydrogen-bond acceptors (Lipinski definition) is 3. The quantitative estimate of drug-likeness (QED) is 0.562. The van der Waals surface area contributed by atoms with Crippen LogP contribution in [0.4, 0.5) is 0 Å². The van der Waals surface area contributed by atoms with Gasteiger partial charge in [0, 0.05) is 81.8 Å². The number of unbranched alkanes of at least 4 members (excludes halogenated alkanes) is 1. The Hall–Kier alpha value is -1.69. The maximum absolute atomic E-state index is 11.2. The number of carbonyl (C=O) groups excluding carboxylic acids is 1. The van der Waals surface area contributed by atoms with E-state index >= 15 is 0 Å². The first-order valence-electron chi connectivity index (χ1n) is 10.8. The van der Waals surface area contributed by atoms with E-state index in [9.17, 15) is 9.90 Å². The van der Waals surface area contributed by atoms with E-state index in [1.54, 1.807) is 12.1 Å². The molecule has 1 aromatic carbocycles. The Labute approximate surface area is 219 Å². The van der Waals surface area contributed by atoms with Crippen LogP contribution in [0.15, 0.2) is 36.7 Å². The molecule has 5 nitrogen and oxygen atoms in total. The van der Waals surface area contributed by atoms with Crippen molar-refractivity contribution in [2.75, 3.05) is 7.11 Å². The van der Waals surface area contributed by atoms with Gasteiger partial charge in [-0.3, -0.25) is 4.79 Å². The van der Waals surface area contributed by atoms with Gasteiger partial charge in [-0.25, -0.2) is 0 Å². The second kappa shape index (κ2) is 20.0. The third-order valence-corrected chi connectivity index (χ3v) is 4.07. The summed E-state index contributed by atoms with van der Waals surface area (Å²) in [5.41, 5.74) is 3.42. The van der Waals surface area contributed by atoms with E-state index in [4.69, 9.17) is 5.11 Å². The second-order valence-electron chi connectivity index (χ2n) is 6.65. The zero-order chi connectivity index (χ0) is 24.6. The molecule has 0 spiro atoms. The largest absolute Gasteiger partial charge is 0.508 e. The number of amides is 1. The van der Waals surface area contributed by atoms with Crippen molar-refractivity contribution in [1.29, 1.82) is 0 Å². The number of carbonyl (C=O) groups is 1. The SMILES string of the molecule is C=C(/C=c1/c(-c2cc(C)cc(O)c2)cn(C)/c1=C/C)NC(C)=O.CC.CCCC.CO.[Y]. The van der Waals surface area contributed by atoms with Crippen molar-refractivity contribution in [3.63, 3.8) is 0 Å². The smallest absolute Gasteiger partial charge is 0.221 e. The number of benzene rings is 1. The van der Waals surface area contributed by atoms with Gasteiger partial charge >= 0.3 is 0 Å². The maximum Gasteiger partial charge on any atom is 0.221 e. The molecule has 2 rings (SSSR count). The van der Waals surface area contributed by atoms with Gasteiger partial charge in [-0.1, -0.05) is 59.3 Å². The molecule has 0 unspecified atom stereocenters. The molecule has 32 heavy (non-hydrogen) atoms. The van der Waals surface area contributed by atoms with Crippen LogP contribution in [0, 0.1) is 6.92 Å². The van der Waals surface area contributed by atoms with Gasteiger partial charge < -0.3 is 20.1 Å². The number of nitrogens with one attached hydrogen (secondary N) is 1. The van der Waals surface area contributed by atoms with E-state index in [0.717, 1.165) is 34.4 Å². The van der Waals surface area contributed by atoms with Gasteiger partial charge in [0.2, 0.25) is 5.91 Å². The molecule has 2 aromatic rings. The Morgan fingerprint density at radius 1 is 1.16 bits per heavy atom. The number of rotatable bonds is 4. The zero-order valence-electron chi connectivity index (χ0n) is 21.4. The number of phenolic OH excluding ortho intramolecular Hbond substituents is 1. The van der Waals surface area contributed by atoms with E-state index in [2.05, 4.69) is 25.7 Å². The molecular weight excluding hydrogens is 477 g/mol. The standard InChI is InChI=1S/C19H22N2O2.C4H10.C2H6.CH4O.Y/c1-6-19-17(9-13(3)20-14(4)22)18(11-21(19)5)15-7-12(2)8-16(23)10-15;1-3-4-2;2*1-2;/h6-11,23H,3H2,1-2,4-5H3,(H,20,22);3-4H2,1-2H3;1-2H3;2H,1H3;/b17-9-,19-6+;;;;. The van der Waals surface area contributed by atoms with Crippen LogP contribution >= 0.6 is 0 Å². The van der Waals surface area contributed by atoms with E-state index in [0.29, 0.717) is 5.70 Å². The summed E-state index contributed by atoms with van der Waals surface area (Å²) in [4.78, 5) is 11.2.